The lowest BCUT2D eigenvalue weighted by atomic mass is 9.87. The smallest absolute Gasteiger partial charge is 0.138 e. The Morgan fingerprint density at radius 1 is 1.00 bits per heavy atom. The van der Waals surface area contributed by atoms with E-state index < -0.39 is 0 Å². The molecule has 0 aromatic heterocycles. The van der Waals surface area contributed by atoms with Crippen molar-refractivity contribution in [3.8, 4) is 23.0 Å². The summed E-state index contributed by atoms with van der Waals surface area (Å²) in [6, 6.07) is 8.31. The van der Waals surface area contributed by atoms with Gasteiger partial charge in [0.1, 0.15) is 29.1 Å². The van der Waals surface area contributed by atoms with Crippen LogP contribution in [0.5, 0.6) is 23.0 Å². The second kappa shape index (κ2) is 8.10. The third kappa shape index (κ3) is 3.55. The van der Waals surface area contributed by atoms with E-state index in [2.05, 4.69) is 52.0 Å². The maximum atomic E-state index is 6.46. The molecule has 4 rings (SSSR count). The van der Waals surface area contributed by atoms with Gasteiger partial charge in [-0.05, 0) is 52.3 Å². The van der Waals surface area contributed by atoms with Crippen molar-refractivity contribution >= 4 is 6.08 Å². The number of ether oxygens (including phenoxy) is 4. The van der Waals surface area contributed by atoms with Gasteiger partial charge in [-0.2, -0.15) is 0 Å². The Hall–Kier alpha value is -2.88. The molecule has 0 radical (unpaired) electrons. The number of hydrogen-bond acceptors (Lipinski definition) is 4. The zero-order valence-corrected chi connectivity index (χ0v) is 18.7. The maximum Gasteiger partial charge on any atom is 0.138 e. The standard InChI is InChI=1S/C26H30O4/c1-15(2)7-8-18-22(27-5)10-9-19-25(18)29-14-21-20-12-17(11-16(3)4)23(28-6)13-24(20)30-26(19)21/h7,9-13,21,26H,8,14H2,1-6H3/t21-,26-/m1/s1. The van der Waals surface area contributed by atoms with E-state index in [1.807, 2.05) is 12.1 Å². The first-order chi connectivity index (χ1) is 14.4. The molecule has 4 heteroatoms. The van der Waals surface area contributed by atoms with E-state index in [9.17, 15) is 0 Å². The van der Waals surface area contributed by atoms with E-state index in [0.29, 0.717) is 6.61 Å². The third-order valence-electron chi connectivity index (χ3n) is 5.72. The minimum Gasteiger partial charge on any atom is -0.496 e. The number of benzene rings is 2. The van der Waals surface area contributed by atoms with Gasteiger partial charge in [0.05, 0.1) is 26.7 Å². The van der Waals surface area contributed by atoms with Crippen LogP contribution in [0.25, 0.3) is 6.08 Å². The highest BCUT2D eigenvalue weighted by molar-refractivity contribution is 5.65. The summed E-state index contributed by atoms with van der Waals surface area (Å²) >= 11 is 0. The van der Waals surface area contributed by atoms with E-state index in [1.165, 1.54) is 16.7 Å². The van der Waals surface area contributed by atoms with Crippen molar-refractivity contribution in [3.63, 3.8) is 0 Å². The molecule has 0 amide bonds. The Labute approximate surface area is 179 Å². The third-order valence-corrected chi connectivity index (χ3v) is 5.72. The largest absolute Gasteiger partial charge is 0.496 e. The first-order valence-electron chi connectivity index (χ1n) is 10.4. The van der Waals surface area contributed by atoms with Crippen molar-refractivity contribution in [1.29, 1.82) is 0 Å². The van der Waals surface area contributed by atoms with Crippen LogP contribution >= 0.6 is 0 Å². The summed E-state index contributed by atoms with van der Waals surface area (Å²) in [6.07, 6.45) is 5.06. The fraction of sp³-hybridized carbons (Fsp3) is 0.385. The molecule has 0 N–H and O–H groups in total. The predicted octanol–water partition coefficient (Wildman–Crippen LogP) is 6.25. The minimum absolute atomic E-state index is 0.0632. The van der Waals surface area contributed by atoms with Crippen LogP contribution in [0.2, 0.25) is 0 Å². The molecule has 4 nitrogen and oxygen atoms in total. The minimum atomic E-state index is -0.0632. The SMILES string of the molecule is COc1cc2c(cc1C=C(C)C)[C@H]1COc3c(ccc(OC)c3CC=C(C)C)[C@H]1O2. The van der Waals surface area contributed by atoms with Crippen molar-refractivity contribution in [3.05, 3.63) is 63.7 Å². The molecule has 30 heavy (non-hydrogen) atoms. The number of allylic oxidation sites excluding steroid dienone is 3. The van der Waals surface area contributed by atoms with E-state index in [1.54, 1.807) is 14.2 Å². The summed E-state index contributed by atoms with van der Waals surface area (Å²) < 4.78 is 24.0. The summed E-state index contributed by atoms with van der Waals surface area (Å²) in [4.78, 5) is 0. The molecular weight excluding hydrogens is 376 g/mol. The van der Waals surface area contributed by atoms with Gasteiger partial charge in [-0.1, -0.05) is 23.3 Å². The van der Waals surface area contributed by atoms with Gasteiger partial charge < -0.3 is 18.9 Å². The Bertz CT molecular complexity index is 1020. The Morgan fingerprint density at radius 2 is 1.77 bits per heavy atom. The fourth-order valence-corrected chi connectivity index (χ4v) is 4.31. The van der Waals surface area contributed by atoms with Crippen LogP contribution in [0, 0.1) is 0 Å². The van der Waals surface area contributed by atoms with E-state index in [-0.39, 0.29) is 12.0 Å². The van der Waals surface area contributed by atoms with E-state index >= 15 is 0 Å². The molecule has 158 valence electrons. The Balaban J connectivity index is 1.77. The summed E-state index contributed by atoms with van der Waals surface area (Å²) in [5.74, 6) is 3.62. The number of fused-ring (bicyclic) bond motifs is 5. The lowest BCUT2D eigenvalue weighted by molar-refractivity contribution is 0.138. The molecule has 2 aromatic carbocycles. The van der Waals surface area contributed by atoms with Crippen LogP contribution < -0.4 is 18.9 Å². The monoisotopic (exact) mass is 406 g/mol. The average molecular weight is 407 g/mol. The summed E-state index contributed by atoms with van der Waals surface area (Å²) in [6.45, 7) is 8.97. The van der Waals surface area contributed by atoms with E-state index in [4.69, 9.17) is 18.9 Å². The quantitative estimate of drug-likeness (QED) is 0.550. The van der Waals surface area contributed by atoms with E-state index in [0.717, 1.165) is 46.1 Å². The normalized spacial score (nSPS) is 18.2. The lowest BCUT2D eigenvalue weighted by Crippen LogP contribution is -2.24. The second-order valence-corrected chi connectivity index (χ2v) is 8.46. The molecule has 0 aliphatic carbocycles. The molecular formula is C26H30O4. The van der Waals surface area contributed by atoms with Gasteiger partial charge in [0.25, 0.3) is 0 Å². The van der Waals surface area contributed by atoms with Gasteiger partial charge in [-0.25, -0.2) is 0 Å². The Kier molecular flexibility index (Phi) is 5.50. The maximum absolute atomic E-state index is 6.46. The highest BCUT2D eigenvalue weighted by Gasteiger charge is 2.42. The molecule has 0 unspecified atom stereocenters. The highest BCUT2D eigenvalue weighted by atomic mass is 16.5. The van der Waals surface area contributed by atoms with Crippen LogP contribution in [-0.2, 0) is 6.42 Å². The first-order valence-corrected chi connectivity index (χ1v) is 10.4. The van der Waals surface area contributed by atoms with Gasteiger partial charge in [-0.3, -0.25) is 0 Å². The zero-order valence-electron chi connectivity index (χ0n) is 18.7. The van der Waals surface area contributed by atoms with Gasteiger partial charge in [0.15, 0.2) is 0 Å². The topological polar surface area (TPSA) is 36.9 Å². The van der Waals surface area contributed by atoms with Crippen molar-refractivity contribution < 1.29 is 18.9 Å². The molecule has 2 atom stereocenters. The molecule has 0 saturated carbocycles. The van der Waals surface area contributed by atoms with Crippen LogP contribution in [0.3, 0.4) is 0 Å². The second-order valence-electron chi connectivity index (χ2n) is 8.46. The molecule has 0 spiro atoms. The molecule has 2 heterocycles. The Morgan fingerprint density at radius 3 is 2.43 bits per heavy atom. The zero-order chi connectivity index (χ0) is 21.4. The lowest BCUT2D eigenvalue weighted by Gasteiger charge is -2.30. The van der Waals surface area contributed by atoms with Crippen LogP contribution in [0.1, 0.15) is 62.0 Å². The molecule has 2 aliphatic rings. The van der Waals surface area contributed by atoms with Crippen molar-refractivity contribution in [2.45, 2.75) is 46.1 Å². The summed E-state index contributed by atoms with van der Waals surface area (Å²) in [7, 11) is 3.41. The predicted molar refractivity (Wildman–Crippen MR) is 120 cm³/mol. The summed E-state index contributed by atoms with van der Waals surface area (Å²) in [5.41, 5.74) is 6.92. The van der Waals surface area contributed by atoms with Crippen molar-refractivity contribution in [2.75, 3.05) is 20.8 Å². The average Bonchev–Trinajstić information content (AvgIpc) is 3.08. The van der Waals surface area contributed by atoms with Gasteiger partial charge in [0, 0.05) is 28.3 Å². The van der Waals surface area contributed by atoms with Gasteiger partial charge >= 0.3 is 0 Å². The first kappa shape index (κ1) is 20.4. The van der Waals surface area contributed by atoms with Crippen LogP contribution in [0.15, 0.2) is 41.5 Å². The summed E-state index contributed by atoms with van der Waals surface area (Å²) in [5, 5.41) is 0. The number of hydrogen-bond donors (Lipinski definition) is 0. The molecule has 0 fully saturated rings. The molecule has 2 aliphatic heterocycles. The number of methoxy groups -OCH3 is 2. The van der Waals surface area contributed by atoms with Crippen LogP contribution in [0.4, 0.5) is 0 Å². The highest BCUT2D eigenvalue weighted by Crippen LogP contribution is 2.54. The van der Waals surface area contributed by atoms with Gasteiger partial charge in [0.2, 0.25) is 0 Å². The molecule has 0 bridgehead atoms. The molecule has 2 aromatic rings. The van der Waals surface area contributed by atoms with Crippen molar-refractivity contribution in [1.82, 2.24) is 0 Å². The fourth-order valence-electron chi connectivity index (χ4n) is 4.31. The molecule has 0 saturated heterocycles. The number of rotatable bonds is 5. The van der Waals surface area contributed by atoms with Gasteiger partial charge in [-0.15, -0.1) is 0 Å². The van der Waals surface area contributed by atoms with Crippen LogP contribution in [-0.4, -0.2) is 20.8 Å². The van der Waals surface area contributed by atoms with Crippen molar-refractivity contribution in [2.24, 2.45) is 0 Å².